The lowest BCUT2D eigenvalue weighted by Gasteiger charge is -2.13. The minimum absolute atomic E-state index is 0.00103. The van der Waals surface area contributed by atoms with Gasteiger partial charge in [-0.05, 0) is 36.3 Å². The Morgan fingerprint density at radius 3 is 2.47 bits per heavy atom. The van der Waals surface area contributed by atoms with Crippen LogP contribution in [0, 0.1) is 12.3 Å². The van der Waals surface area contributed by atoms with Crippen LogP contribution < -0.4 is 0 Å². The van der Waals surface area contributed by atoms with Crippen LogP contribution in [0.5, 0.6) is 0 Å². The van der Waals surface area contributed by atoms with Gasteiger partial charge in [-0.15, -0.1) is 0 Å². The third-order valence-electron chi connectivity index (χ3n) is 3.65. The fraction of sp³-hybridized carbons (Fsp3) is 0.500. The van der Waals surface area contributed by atoms with Crippen LogP contribution in [-0.2, 0) is 20.4 Å². The van der Waals surface area contributed by atoms with Gasteiger partial charge in [0, 0.05) is 0 Å². The van der Waals surface area contributed by atoms with Gasteiger partial charge in [-0.2, -0.15) is 0 Å². The second-order valence-electron chi connectivity index (χ2n) is 5.53. The van der Waals surface area contributed by atoms with Crippen molar-refractivity contribution >= 4 is 15.8 Å². The van der Waals surface area contributed by atoms with Crippen LogP contribution >= 0.6 is 0 Å². The van der Waals surface area contributed by atoms with E-state index in [4.69, 9.17) is 5.11 Å². The first-order chi connectivity index (χ1) is 8.82. The summed E-state index contributed by atoms with van der Waals surface area (Å²) >= 11 is 0. The fourth-order valence-electron chi connectivity index (χ4n) is 2.40. The normalized spacial score (nSPS) is 17.1. The number of sulfone groups is 1. The highest BCUT2D eigenvalue weighted by Gasteiger charge is 2.47. The van der Waals surface area contributed by atoms with Crippen LogP contribution in [-0.4, -0.2) is 25.2 Å². The van der Waals surface area contributed by atoms with Gasteiger partial charge in [0.2, 0.25) is 0 Å². The molecule has 4 nitrogen and oxygen atoms in total. The molecular weight excluding hydrogens is 264 g/mol. The van der Waals surface area contributed by atoms with E-state index < -0.39 is 21.2 Å². The summed E-state index contributed by atoms with van der Waals surface area (Å²) in [4.78, 5) is 10.8. The van der Waals surface area contributed by atoms with E-state index in [1.54, 1.807) is 0 Å². The highest BCUT2D eigenvalue weighted by atomic mass is 32.2. The van der Waals surface area contributed by atoms with Crippen molar-refractivity contribution in [3.8, 4) is 0 Å². The number of rotatable bonds is 6. The maximum Gasteiger partial charge on any atom is 0.303 e. The van der Waals surface area contributed by atoms with E-state index in [0.717, 1.165) is 11.1 Å². The largest absolute Gasteiger partial charge is 0.481 e. The number of aliphatic carboxylic acids is 1. The molecule has 1 fully saturated rings. The lowest BCUT2D eigenvalue weighted by atomic mass is 10.1. The average molecular weight is 282 g/mol. The second kappa shape index (κ2) is 4.96. The minimum Gasteiger partial charge on any atom is -0.481 e. The predicted molar refractivity (Wildman–Crippen MR) is 72.6 cm³/mol. The van der Waals surface area contributed by atoms with E-state index in [1.807, 2.05) is 31.2 Å². The van der Waals surface area contributed by atoms with Crippen LogP contribution in [0.15, 0.2) is 24.3 Å². The smallest absolute Gasteiger partial charge is 0.303 e. The number of benzene rings is 1. The van der Waals surface area contributed by atoms with Gasteiger partial charge in [-0.3, -0.25) is 4.79 Å². The van der Waals surface area contributed by atoms with Crippen molar-refractivity contribution in [1.82, 2.24) is 0 Å². The topological polar surface area (TPSA) is 71.4 Å². The van der Waals surface area contributed by atoms with Gasteiger partial charge < -0.3 is 5.11 Å². The van der Waals surface area contributed by atoms with E-state index >= 15 is 0 Å². The van der Waals surface area contributed by atoms with Crippen molar-refractivity contribution in [2.45, 2.75) is 31.9 Å². The Hall–Kier alpha value is -1.36. The molecule has 1 N–H and O–H groups in total. The number of carboxylic acid groups (broad SMARTS) is 1. The van der Waals surface area contributed by atoms with Crippen LogP contribution in [0.2, 0.25) is 0 Å². The van der Waals surface area contributed by atoms with Gasteiger partial charge >= 0.3 is 5.97 Å². The SMILES string of the molecule is Cc1ccccc1CS(=O)(=O)CC1(CC(=O)O)CC1. The molecule has 5 heteroatoms. The predicted octanol–water partition coefficient (Wildman–Crippen LogP) is 2.16. The Morgan fingerprint density at radius 1 is 1.32 bits per heavy atom. The van der Waals surface area contributed by atoms with Gasteiger partial charge in [0.1, 0.15) is 0 Å². The highest BCUT2D eigenvalue weighted by Crippen LogP contribution is 2.50. The summed E-state index contributed by atoms with van der Waals surface area (Å²) in [6.45, 7) is 1.88. The molecule has 1 aromatic carbocycles. The number of hydrogen-bond donors (Lipinski definition) is 1. The first-order valence-corrected chi connectivity index (χ1v) is 8.11. The van der Waals surface area contributed by atoms with E-state index in [-0.39, 0.29) is 17.9 Å². The number of hydrogen-bond acceptors (Lipinski definition) is 3. The van der Waals surface area contributed by atoms with Crippen molar-refractivity contribution in [1.29, 1.82) is 0 Å². The molecule has 0 heterocycles. The Labute approximate surface area is 113 Å². The Bertz CT molecular complexity index is 585. The Morgan fingerprint density at radius 2 is 1.95 bits per heavy atom. The van der Waals surface area contributed by atoms with E-state index in [1.165, 1.54) is 0 Å². The summed E-state index contributed by atoms with van der Waals surface area (Å²) in [5, 5.41) is 8.82. The summed E-state index contributed by atoms with van der Waals surface area (Å²) in [5.74, 6) is -0.926. The van der Waals surface area contributed by atoms with Crippen LogP contribution in [0.4, 0.5) is 0 Å². The second-order valence-corrected chi connectivity index (χ2v) is 7.59. The zero-order valence-corrected chi connectivity index (χ0v) is 11.7. The summed E-state index contributed by atoms with van der Waals surface area (Å²) in [5.41, 5.74) is 1.25. The molecule has 0 spiro atoms. The summed E-state index contributed by atoms with van der Waals surface area (Å²) in [6.07, 6.45) is 1.36. The van der Waals surface area contributed by atoms with Gasteiger partial charge in [0.15, 0.2) is 9.84 Å². The first-order valence-electron chi connectivity index (χ1n) is 6.29. The Balaban J connectivity index is 2.08. The molecule has 0 aromatic heterocycles. The molecule has 0 aliphatic heterocycles. The van der Waals surface area contributed by atoms with Crippen molar-refractivity contribution in [2.24, 2.45) is 5.41 Å². The molecule has 1 aromatic rings. The molecule has 0 unspecified atom stereocenters. The molecule has 1 saturated carbocycles. The quantitative estimate of drug-likeness (QED) is 0.868. The number of aryl methyl sites for hydroxylation is 1. The van der Waals surface area contributed by atoms with Crippen LogP contribution in [0.3, 0.4) is 0 Å². The van der Waals surface area contributed by atoms with Crippen molar-refractivity contribution in [3.63, 3.8) is 0 Å². The molecule has 2 rings (SSSR count). The van der Waals surface area contributed by atoms with E-state index in [0.29, 0.717) is 12.8 Å². The van der Waals surface area contributed by atoms with Gasteiger partial charge in [-0.1, -0.05) is 24.3 Å². The maximum absolute atomic E-state index is 12.2. The molecule has 0 bridgehead atoms. The van der Waals surface area contributed by atoms with Crippen molar-refractivity contribution < 1.29 is 18.3 Å². The summed E-state index contributed by atoms with van der Waals surface area (Å²) in [7, 11) is -3.26. The van der Waals surface area contributed by atoms with Gasteiger partial charge in [-0.25, -0.2) is 8.42 Å². The monoisotopic (exact) mass is 282 g/mol. The molecule has 104 valence electrons. The Kier molecular flexibility index (Phi) is 3.67. The molecule has 1 aliphatic rings. The molecule has 0 saturated heterocycles. The van der Waals surface area contributed by atoms with Crippen LogP contribution in [0.25, 0.3) is 0 Å². The summed E-state index contributed by atoms with van der Waals surface area (Å²) < 4.78 is 24.4. The molecule has 0 radical (unpaired) electrons. The molecule has 0 atom stereocenters. The lowest BCUT2D eigenvalue weighted by molar-refractivity contribution is -0.138. The fourth-order valence-corrected chi connectivity index (χ4v) is 4.62. The zero-order valence-electron chi connectivity index (χ0n) is 10.9. The van der Waals surface area contributed by atoms with Crippen molar-refractivity contribution in [3.05, 3.63) is 35.4 Å². The average Bonchev–Trinajstić information content (AvgIpc) is 2.98. The lowest BCUT2D eigenvalue weighted by Crippen LogP contribution is -2.21. The van der Waals surface area contributed by atoms with Crippen LogP contribution in [0.1, 0.15) is 30.4 Å². The zero-order chi connectivity index (χ0) is 14.1. The third kappa shape index (κ3) is 3.80. The first kappa shape index (κ1) is 14.1. The minimum atomic E-state index is -3.26. The number of carboxylic acids is 1. The van der Waals surface area contributed by atoms with Gasteiger partial charge in [0.05, 0.1) is 17.9 Å². The standard InChI is InChI=1S/C14H18O4S/c1-11-4-2-3-5-12(11)9-19(17,18)10-14(6-7-14)8-13(15)16/h2-5H,6-10H2,1H3,(H,15,16). The molecule has 1 aliphatic carbocycles. The molecule has 19 heavy (non-hydrogen) atoms. The molecular formula is C14H18O4S. The number of carbonyl (C=O) groups is 1. The maximum atomic E-state index is 12.2. The highest BCUT2D eigenvalue weighted by molar-refractivity contribution is 7.90. The van der Waals surface area contributed by atoms with Crippen molar-refractivity contribution in [2.75, 3.05) is 5.75 Å². The summed E-state index contributed by atoms with van der Waals surface area (Å²) in [6, 6.07) is 7.39. The molecule has 0 amide bonds. The van der Waals surface area contributed by atoms with E-state index in [9.17, 15) is 13.2 Å². The van der Waals surface area contributed by atoms with Gasteiger partial charge in [0.25, 0.3) is 0 Å². The third-order valence-corrected chi connectivity index (χ3v) is 5.45. The van der Waals surface area contributed by atoms with E-state index in [2.05, 4.69) is 0 Å².